The Hall–Kier alpha value is -3.62. The van der Waals surface area contributed by atoms with Gasteiger partial charge in [0.2, 0.25) is 5.91 Å². The number of nitrogens with zero attached hydrogens (tertiary/aromatic N) is 3. The van der Waals surface area contributed by atoms with Crippen LogP contribution in [0.1, 0.15) is 40.7 Å². The predicted molar refractivity (Wildman–Crippen MR) is 118 cm³/mol. The normalized spacial score (nSPS) is 10.8. The number of rotatable bonds is 8. The van der Waals surface area contributed by atoms with Crippen molar-refractivity contribution in [1.82, 2.24) is 14.7 Å². The fourth-order valence-electron chi connectivity index (χ4n) is 3.50. The van der Waals surface area contributed by atoms with Crippen molar-refractivity contribution < 1.29 is 22.8 Å². The van der Waals surface area contributed by atoms with E-state index < -0.39 is 29.0 Å². The minimum Gasteiger partial charge on any atom is -0.329 e. The molecule has 0 radical (unpaired) electrons. The fraction of sp³-hybridized carbons (Fsp3) is 0.292. The van der Waals surface area contributed by atoms with Crippen molar-refractivity contribution >= 4 is 17.5 Å². The van der Waals surface area contributed by atoms with E-state index in [2.05, 4.69) is 10.4 Å². The average molecular weight is 458 g/mol. The first-order chi connectivity index (χ1) is 15.7. The molecule has 174 valence electrons. The number of hydrogen-bond donors (Lipinski definition) is 1. The lowest BCUT2D eigenvalue weighted by Crippen LogP contribution is -2.38. The van der Waals surface area contributed by atoms with Crippen molar-refractivity contribution in [2.75, 3.05) is 18.4 Å². The Morgan fingerprint density at radius 3 is 2.48 bits per heavy atom. The van der Waals surface area contributed by atoms with E-state index in [1.54, 1.807) is 18.2 Å². The number of amides is 2. The number of benzene rings is 2. The molecule has 9 heteroatoms. The highest BCUT2D eigenvalue weighted by Gasteiger charge is 2.21. The minimum atomic E-state index is -1.67. The number of anilines is 1. The molecule has 0 aliphatic heterocycles. The second-order valence-corrected chi connectivity index (χ2v) is 7.78. The van der Waals surface area contributed by atoms with E-state index in [-0.39, 0.29) is 19.0 Å². The first kappa shape index (κ1) is 24.0. The van der Waals surface area contributed by atoms with Crippen molar-refractivity contribution in [3.05, 3.63) is 82.4 Å². The lowest BCUT2D eigenvalue weighted by atomic mass is 10.1. The lowest BCUT2D eigenvalue weighted by Gasteiger charge is -2.22. The number of nitrogens with one attached hydrogen (secondary N) is 1. The molecule has 0 spiro atoms. The van der Waals surface area contributed by atoms with Gasteiger partial charge in [-0.05, 0) is 56.2 Å². The third-order valence-corrected chi connectivity index (χ3v) is 5.03. The molecule has 1 aromatic heterocycles. The number of aromatic nitrogens is 2. The maximum Gasteiger partial charge on any atom is 0.254 e. The quantitative estimate of drug-likeness (QED) is 0.507. The summed E-state index contributed by atoms with van der Waals surface area (Å²) in [6, 6.07) is 10.7. The highest BCUT2D eigenvalue weighted by Crippen LogP contribution is 2.20. The Morgan fingerprint density at radius 1 is 1.06 bits per heavy atom. The maximum absolute atomic E-state index is 13.9. The molecule has 0 saturated heterocycles. The molecule has 3 aromatic rings. The number of hydrogen-bond acceptors (Lipinski definition) is 3. The summed E-state index contributed by atoms with van der Waals surface area (Å²) >= 11 is 0. The largest absolute Gasteiger partial charge is 0.329 e. The third-order valence-electron chi connectivity index (χ3n) is 5.03. The van der Waals surface area contributed by atoms with Crippen LogP contribution in [0.25, 0.3) is 0 Å². The van der Waals surface area contributed by atoms with Crippen molar-refractivity contribution in [2.45, 2.75) is 33.7 Å². The van der Waals surface area contributed by atoms with Crippen LogP contribution in [0, 0.1) is 31.3 Å². The van der Waals surface area contributed by atoms with Gasteiger partial charge in [0.25, 0.3) is 5.91 Å². The molecule has 0 aliphatic carbocycles. The van der Waals surface area contributed by atoms with E-state index in [0.29, 0.717) is 18.5 Å². The first-order valence-electron chi connectivity index (χ1n) is 10.5. The molecule has 1 N–H and O–H groups in total. The van der Waals surface area contributed by atoms with Gasteiger partial charge in [-0.2, -0.15) is 5.10 Å². The number of aryl methyl sites for hydroxylation is 2. The van der Waals surface area contributed by atoms with E-state index in [0.717, 1.165) is 29.1 Å². The van der Waals surface area contributed by atoms with Gasteiger partial charge >= 0.3 is 0 Å². The van der Waals surface area contributed by atoms with Crippen LogP contribution in [0.5, 0.6) is 0 Å². The zero-order valence-corrected chi connectivity index (χ0v) is 18.7. The summed E-state index contributed by atoms with van der Waals surface area (Å²) < 4.78 is 42.2. The Balaban J connectivity index is 1.74. The molecule has 0 atom stereocenters. The van der Waals surface area contributed by atoms with Crippen LogP contribution in [0.15, 0.2) is 42.5 Å². The topological polar surface area (TPSA) is 67.2 Å². The van der Waals surface area contributed by atoms with Crippen molar-refractivity contribution in [1.29, 1.82) is 0 Å². The molecule has 2 amide bonds. The Morgan fingerprint density at radius 2 is 1.82 bits per heavy atom. The minimum absolute atomic E-state index is 0.286. The summed E-state index contributed by atoms with van der Waals surface area (Å²) in [5.74, 6) is -5.61. The molecule has 1 heterocycles. The van der Waals surface area contributed by atoms with E-state index in [1.807, 2.05) is 37.6 Å². The standard InChI is InChI=1S/C24H25F3N4O2/c1-4-10-30(14-21(32)28-20-9-8-19(25)22(26)23(20)27)24(33)18-7-5-6-17(12-18)13-31-16(3)11-15(2)29-31/h5-9,11-12H,4,10,13-14H2,1-3H3,(H,28,32). The number of carbonyl (C=O) groups is 2. The number of carbonyl (C=O) groups excluding carboxylic acids is 2. The smallest absolute Gasteiger partial charge is 0.254 e. The van der Waals surface area contributed by atoms with Gasteiger partial charge in [0.05, 0.1) is 17.9 Å². The van der Waals surface area contributed by atoms with Crippen LogP contribution < -0.4 is 5.32 Å². The Kier molecular flexibility index (Phi) is 7.52. The zero-order chi connectivity index (χ0) is 24.1. The molecule has 3 rings (SSSR count). The molecule has 0 saturated carbocycles. The van der Waals surface area contributed by atoms with Gasteiger partial charge in [-0.1, -0.05) is 19.1 Å². The summed E-state index contributed by atoms with van der Waals surface area (Å²) in [4.78, 5) is 26.9. The average Bonchev–Trinajstić information content (AvgIpc) is 3.10. The van der Waals surface area contributed by atoms with Gasteiger partial charge in [-0.25, -0.2) is 13.2 Å². The van der Waals surface area contributed by atoms with Gasteiger partial charge in [-0.15, -0.1) is 0 Å². The summed E-state index contributed by atoms with van der Waals surface area (Å²) in [6.07, 6.45) is 0.587. The van der Waals surface area contributed by atoms with Crippen LogP contribution in [-0.4, -0.2) is 39.6 Å². The highest BCUT2D eigenvalue weighted by atomic mass is 19.2. The van der Waals surface area contributed by atoms with E-state index in [9.17, 15) is 22.8 Å². The van der Waals surface area contributed by atoms with E-state index >= 15 is 0 Å². The van der Waals surface area contributed by atoms with Crippen molar-refractivity contribution in [3.63, 3.8) is 0 Å². The molecule has 33 heavy (non-hydrogen) atoms. The van der Waals surface area contributed by atoms with Gasteiger partial charge < -0.3 is 10.2 Å². The SMILES string of the molecule is CCCN(CC(=O)Nc1ccc(F)c(F)c1F)C(=O)c1cccc(Cn2nc(C)cc2C)c1. The van der Waals surface area contributed by atoms with E-state index in [1.165, 1.54) is 4.90 Å². The summed E-state index contributed by atoms with van der Waals surface area (Å²) in [7, 11) is 0. The first-order valence-corrected chi connectivity index (χ1v) is 10.5. The van der Waals surface area contributed by atoms with Crippen LogP contribution in [0.2, 0.25) is 0 Å². The van der Waals surface area contributed by atoms with Gasteiger partial charge in [0.1, 0.15) is 6.54 Å². The lowest BCUT2D eigenvalue weighted by molar-refractivity contribution is -0.116. The van der Waals surface area contributed by atoms with Crippen molar-refractivity contribution in [3.8, 4) is 0 Å². The molecular formula is C24H25F3N4O2. The van der Waals surface area contributed by atoms with E-state index in [4.69, 9.17) is 0 Å². The Labute approximate surface area is 190 Å². The third kappa shape index (κ3) is 5.79. The molecular weight excluding hydrogens is 433 g/mol. The van der Waals surface area contributed by atoms with Gasteiger partial charge in [0.15, 0.2) is 17.5 Å². The molecule has 0 fully saturated rings. The van der Waals surface area contributed by atoms with Crippen LogP contribution >= 0.6 is 0 Å². The maximum atomic E-state index is 13.9. The summed E-state index contributed by atoms with van der Waals surface area (Å²) in [5, 5.41) is 6.63. The van der Waals surface area contributed by atoms with Gasteiger partial charge in [0, 0.05) is 17.8 Å². The predicted octanol–water partition coefficient (Wildman–Crippen LogP) is 4.46. The summed E-state index contributed by atoms with van der Waals surface area (Å²) in [5.41, 5.74) is 2.68. The summed E-state index contributed by atoms with van der Waals surface area (Å²) in [6.45, 7) is 6.12. The van der Waals surface area contributed by atoms with Crippen LogP contribution in [0.3, 0.4) is 0 Å². The molecule has 6 nitrogen and oxygen atoms in total. The number of halogens is 3. The fourth-order valence-corrected chi connectivity index (χ4v) is 3.50. The van der Waals surface area contributed by atoms with Gasteiger partial charge in [-0.3, -0.25) is 14.3 Å². The zero-order valence-electron chi connectivity index (χ0n) is 18.7. The monoisotopic (exact) mass is 458 g/mol. The molecule has 2 aromatic carbocycles. The molecule has 0 aliphatic rings. The second-order valence-electron chi connectivity index (χ2n) is 7.78. The second kappa shape index (κ2) is 10.3. The molecule has 0 bridgehead atoms. The van der Waals surface area contributed by atoms with Crippen molar-refractivity contribution in [2.24, 2.45) is 0 Å². The van der Waals surface area contributed by atoms with Crippen LogP contribution in [-0.2, 0) is 11.3 Å². The van der Waals surface area contributed by atoms with Crippen LogP contribution in [0.4, 0.5) is 18.9 Å². The Bertz CT molecular complexity index is 1180. The molecule has 0 unspecified atom stereocenters. The highest BCUT2D eigenvalue weighted by molar-refractivity contribution is 5.99.